The monoisotopic (exact) mass is 434 g/mol. The molecule has 1 aliphatic carbocycles. The van der Waals surface area contributed by atoms with Crippen LogP contribution in [0.1, 0.15) is 26.2 Å². The van der Waals surface area contributed by atoms with Gasteiger partial charge in [0, 0.05) is 39.3 Å². The Kier molecular flexibility index (Phi) is 7.27. The average Bonchev–Trinajstić information content (AvgIpc) is 3.17. The van der Waals surface area contributed by atoms with Gasteiger partial charge in [-0.25, -0.2) is 0 Å². The van der Waals surface area contributed by atoms with Crippen molar-refractivity contribution in [3.05, 3.63) is 17.5 Å². The number of aliphatic imine (C=N–C) groups is 1. The topological polar surface area (TPSA) is 30.9 Å². The van der Waals surface area contributed by atoms with Crippen molar-refractivity contribution in [3.8, 4) is 0 Å². The summed E-state index contributed by atoms with van der Waals surface area (Å²) in [5.74, 6) is 2.08. The van der Waals surface area contributed by atoms with Crippen LogP contribution < -0.4 is 10.2 Å². The first kappa shape index (κ1) is 17.8. The zero-order chi connectivity index (χ0) is 14.5. The summed E-state index contributed by atoms with van der Waals surface area (Å²) < 4.78 is 0. The number of nitrogens with zero attached hydrogens (tertiary/aromatic N) is 3. The van der Waals surface area contributed by atoms with E-state index in [-0.39, 0.29) is 24.0 Å². The lowest BCUT2D eigenvalue weighted by Crippen LogP contribution is -2.52. The summed E-state index contributed by atoms with van der Waals surface area (Å²) in [7, 11) is 0. The van der Waals surface area contributed by atoms with Crippen molar-refractivity contribution < 1.29 is 0 Å². The highest BCUT2D eigenvalue weighted by Gasteiger charge is 2.22. The van der Waals surface area contributed by atoms with Crippen LogP contribution in [0.15, 0.2) is 22.5 Å². The molecule has 2 heterocycles. The molecule has 22 heavy (non-hydrogen) atoms. The number of hydrogen-bond donors (Lipinski definition) is 1. The molecule has 0 aromatic carbocycles. The number of anilines is 1. The van der Waals surface area contributed by atoms with E-state index < -0.39 is 0 Å². The molecular weight excluding hydrogens is 407 g/mol. The Bertz CT molecular complexity index is 451. The van der Waals surface area contributed by atoms with Crippen LogP contribution in [-0.4, -0.2) is 50.1 Å². The molecule has 0 atom stereocenters. The molecule has 1 aromatic rings. The molecule has 1 aliphatic heterocycles. The van der Waals surface area contributed by atoms with Crippen molar-refractivity contribution in [2.75, 3.05) is 44.2 Å². The van der Waals surface area contributed by atoms with Gasteiger partial charge >= 0.3 is 0 Å². The Morgan fingerprint density at radius 3 is 2.68 bits per heavy atom. The minimum absolute atomic E-state index is 0. The summed E-state index contributed by atoms with van der Waals surface area (Å²) in [5, 5.41) is 7.01. The minimum atomic E-state index is 0. The summed E-state index contributed by atoms with van der Waals surface area (Å²) in [6.07, 6.45) is 4.11. The summed E-state index contributed by atoms with van der Waals surface area (Å²) >= 11 is 1.83. The number of thiophene rings is 1. The third kappa shape index (κ3) is 5.01. The molecule has 0 bridgehead atoms. The fourth-order valence-corrected chi connectivity index (χ4v) is 3.56. The molecular formula is C16H27IN4S. The van der Waals surface area contributed by atoms with Crippen LogP contribution in [0.3, 0.4) is 0 Å². The Morgan fingerprint density at radius 2 is 2.09 bits per heavy atom. The number of guanidine groups is 1. The summed E-state index contributed by atoms with van der Waals surface area (Å²) in [6.45, 7) is 8.39. The second-order valence-corrected chi connectivity index (χ2v) is 6.82. The van der Waals surface area contributed by atoms with E-state index in [4.69, 9.17) is 4.99 Å². The van der Waals surface area contributed by atoms with Gasteiger partial charge in [-0.15, -0.1) is 35.3 Å². The first-order valence-corrected chi connectivity index (χ1v) is 9.06. The second-order valence-electron chi connectivity index (χ2n) is 5.89. The van der Waals surface area contributed by atoms with E-state index in [2.05, 4.69) is 39.6 Å². The van der Waals surface area contributed by atoms with E-state index in [1.54, 1.807) is 0 Å². The molecule has 124 valence electrons. The van der Waals surface area contributed by atoms with Gasteiger partial charge in [0.15, 0.2) is 5.96 Å². The molecule has 1 aromatic heterocycles. The van der Waals surface area contributed by atoms with E-state index >= 15 is 0 Å². The minimum Gasteiger partial charge on any atom is -0.360 e. The van der Waals surface area contributed by atoms with Crippen molar-refractivity contribution in [2.24, 2.45) is 10.9 Å². The largest absolute Gasteiger partial charge is 0.360 e. The van der Waals surface area contributed by atoms with Gasteiger partial charge in [0.2, 0.25) is 0 Å². The van der Waals surface area contributed by atoms with Crippen LogP contribution in [0.2, 0.25) is 0 Å². The third-order valence-electron chi connectivity index (χ3n) is 4.23. The molecule has 3 rings (SSSR count). The summed E-state index contributed by atoms with van der Waals surface area (Å²) in [6, 6.07) is 4.35. The number of rotatable bonds is 5. The van der Waals surface area contributed by atoms with Gasteiger partial charge in [-0.1, -0.05) is 12.8 Å². The highest BCUT2D eigenvalue weighted by Crippen LogP contribution is 2.32. The lowest BCUT2D eigenvalue weighted by Gasteiger charge is -2.37. The average molecular weight is 434 g/mol. The Labute approximate surface area is 155 Å². The first-order chi connectivity index (χ1) is 10.4. The standard InChI is InChI=1S/C16H26N4S.HI/c1-2-17-16(18-8-7-14-5-6-14)20-11-9-19(10-12-20)15-4-3-13-21-15;/h3-4,13-14H,2,5-12H2,1H3,(H,17,18);1H. The number of nitrogens with one attached hydrogen (secondary N) is 1. The van der Waals surface area contributed by atoms with Gasteiger partial charge in [0.1, 0.15) is 0 Å². The Balaban J connectivity index is 0.00000176. The SMILES string of the molecule is CCNC(=NCCC1CC1)N1CCN(c2cccs2)CC1.I. The summed E-state index contributed by atoms with van der Waals surface area (Å²) in [4.78, 5) is 9.72. The quantitative estimate of drug-likeness (QED) is 0.439. The van der Waals surface area contributed by atoms with Crippen molar-refractivity contribution in [2.45, 2.75) is 26.2 Å². The molecule has 0 spiro atoms. The lowest BCUT2D eigenvalue weighted by molar-refractivity contribution is 0.373. The van der Waals surface area contributed by atoms with Gasteiger partial charge in [0.25, 0.3) is 0 Å². The molecule has 1 saturated carbocycles. The number of piperazine rings is 1. The first-order valence-electron chi connectivity index (χ1n) is 8.18. The van der Waals surface area contributed by atoms with Gasteiger partial charge in [-0.3, -0.25) is 4.99 Å². The molecule has 6 heteroatoms. The zero-order valence-corrected chi connectivity index (χ0v) is 16.5. The van der Waals surface area contributed by atoms with Crippen molar-refractivity contribution in [1.29, 1.82) is 0 Å². The number of hydrogen-bond acceptors (Lipinski definition) is 3. The fourth-order valence-electron chi connectivity index (χ4n) is 2.77. The fraction of sp³-hybridized carbons (Fsp3) is 0.688. The van der Waals surface area contributed by atoms with Gasteiger partial charge in [-0.2, -0.15) is 0 Å². The highest BCUT2D eigenvalue weighted by atomic mass is 127. The highest BCUT2D eigenvalue weighted by molar-refractivity contribution is 14.0. The Morgan fingerprint density at radius 1 is 1.32 bits per heavy atom. The smallest absolute Gasteiger partial charge is 0.194 e. The van der Waals surface area contributed by atoms with Crippen LogP contribution in [0, 0.1) is 5.92 Å². The van der Waals surface area contributed by atoms with Crippen LogP contribution >= 0.6 is 35.3 Å². The predicted molar refractivity (Wildman–Crippen MR) is 107 cm³/mol. The molecule has 2 aliphatic rings. The van der Waals surface area contributed by atoms with Gasteiger partial charge < -0.3 is 15.1 Å². The predicted octanol–water partition coefficient (Wildman–Crippen LogP) is 3.25. The lowest BCUT2D eigenvalue weighted by atomic mass is 10.3. The normalized spacial score (nSPS) is 19.0. The van der Waals surface area contributed by atoms with E-state index in [1.807, 2.05) is 11.3 Å². The van der Waals surface area contributed by atoms with Crippen molar-refractivity contribution in [1.82, 2.24) is 10.2 Å². The van der Waals surface area contributed by atoms with Crippen LogP contribution in [-0.2, 0) is 0 Å². The third-order valence-corrected chi connectivity index (χ3v) is 5.16. The maximum Gasteiger partial charge on any atom is 0.194 e. The van der Waals surface area contributed by atoms with Crippen LogP contribution in [0.25, 0.3) is 0 Å². The molecule has 0 amide bonds. The Hall–Kier alpha value is -0.500. The van der Waals surface area contributed by atoms with E-state index in [0.29, 0.717) is 0 Å². The van der Waals surface area contributed by atoms with Crippen molar-refractivity contribution in [3.63, 3.8) is 0 Å². The maximum atomic E-state index is 4.82. The molecule has 0 radical (unpaired) electrons. The van der Waals surface area contributed by atoms with E-state index in [1.165, 1.54) is 24.3 Å². The molecule has 1 N–H and O–H groups in total. The van der Waals surface area contributed by atoms with Gasteiger partial charge in [0.05, 0.1) is 5.00 Å². The van der Waals surface area contributed by atoms with Crippen LogP contribution in [0.4, 0.5) is 5.00 Å². The summed E-state index contributed by atoms with van der Waals surface area (Å²) in [5.41, 5.74) is 0. The second kappa shape index (κ2) is 8.96. The van der Waals surface area contributed by atoms with Crippen molar-refractivity contribution >= 4 is 46.3 Å². The number of halogens is 1. The molecule has 2 fully saturated rings. The zero-order valence-electron chi connectivity index (χ0n) is 13.3. The molecule has 4 nitrogen and oxygen atoms in total. The maximum absolute atomic E-state index is 4.82. The molecule has 0 unspecified atom stereocenters. The van der Waals surface area contributed by atoms with E-state index in [0.717, 1.165) is 51.1 Å². The van der Waals surface area contributed by atoms with Gasteiger partial charge in [-0.05, 0) is 36.8 Å². The van der Waals surface area contributed by atoms with E-state index in [9.17, 15) is 0 Å². The van der Waals surface area contributed by atoms with Crippen LogP contribution in [0.5, 0.6) is 0 Å². The molecule has 1 saturated heterocycles.